The van der Waals surface area contributed by atoms with Gasteiger partial charge in [-0.3, -0.25) is 0 Å². The number of anilines is 1. The van der Waals surface area contributed by atoms with Gasteiger partial charge in [0.1, 0.15) is 0 Å². The first-order valence-corrected chi connectivity index (χ1v) is 7.83. The van der Waals surface area contributed by atoms with Crippen LogP contribution in [0.25, 0.3) is 0 Å². The molecule has 102 valence electrons. The van der Waals surface area contributed by atoms with Crippen molar-refractivity contribution in [3.8, 4) is 0 Å². The molecule has 0 amide bonds. The van der Waals surface area contributed by atoms with E-state index in [0.29, 0.717) is 23.2 Å². The second kappa shape index (κ2) is 6.43. The van der Waals surface area contributed by atoms with Crippen LogP contribution >= 0.6 is 11.8 Å². The molecule has 2 rings (SSSR count). The topological polar surface area (TPSA) is 63.0 Å². The lowest BCUT2D eigenvalue weighted by molar-refractivity contribution is 0.424. The van der Waals surface area contributed by atoms with Gasteiger partial charge in [-0.25, -0.2) is 0 Å². The maximum absolute atomic E-state index is 5.63. The number of hydrogen-bond acceptors (Lipinski definition) is 6. The lowest BCUT2D eigenvalue weighted by Gasteiger charge is -2.30. The minimum Gasteiger partial charge on any atom is -0.406 e. The van der Waals surface area contributed by atoms with Gasteiger partial charge in [-0.05, 0) is 33.1 Å². The SMILES string of the molecule is CNC(C)c1nnc(NC2CCCCC2SC)o1. The summed E-state index contributed by atoms with van der Waals surface area (Å²) in [6, 6.07) is 1.10. The summed E-state index contributed by atoms with van der Waals surface area (Å²) in [5.74, 6) is 0.636. The summed E-state index contributed by atoms with van der Waals surface area (Å²) in [5, 5.41) is 15.3. The van der Waals surface area contributed by atoms with Crippen LogP contribution in [0, 0.1) is 0 Å². The Morgan fingerprint density at radius 3 is 2.83 bits per heavy atom. The summed E-state index contributed by atoms with van der Waals surface area (Å²) in [5.41, 5.74) is 0. The molecule has 0 bridgehead atoms. The lowest BCUT2D eigenvalue weighted by Crippen LogP contribution is -2.34. The molecule has 3 unspecified atom stereocenters. The Morgan fingerprint density at radius 1 is 1.33 bits per heavy atom. The van der Waals surface area contributed by atoms with Crippen molar-refractivity contribution < 1.29 is 4.42 Å². The molecule has 6 heteroatoms. The normalized spacial score (nSPS) is 25.9. The number of nitrogens with zero attached hydrogens (tertiary/aromatic N) is 2. The van der Waals surface area contributed by atoms with Gasteiger partial charge in [0.2, 0.25) is 5.89 Å². The summed E-state index contributed by atoms with van der Waals surface area (Å²) < 4.78 is 5.63. The third kappa shape index (κ3) is 3.17. The summed E-state index contributed by atoms with van der Waals surface area (Å²) in [7, 11) is 1.88. The fraction of sp³-hybridized carbons (Fsp3) is 0.833. The number of rotatable bonds is 5. The van der Waals surface area contributed by atoms with Crippen LogP contribution in [-0.4, -0.2) is 34.8 Å². The van der Waals surface area contributed by atoms with Crippen molar-refractivity contribution in [3.63, 3.8) is 0 Å². The van der Waals surface area contributed by atoms with Crippen molar-refractivity contribution in [2.24, 2.45) is 0 Å². The highest BCUT2D eigenvalue weighted by molar-refractivity contribution is 7.99. The molecule has 3 atom stereocenters. The average Bonchev–Trinajstić information content (AvgIpc) is 2.87. The number of thioether (sulfide) groups is 1. The fourth-order valence-corrected chi connectivity index (χ4v) is 3.23. The average molecular weight is 270 g/mol. The summed E-state index contributed by atoms with van der Waals surface area (Å²) in [4.78, 5) is 0. The van der Waals surface area contributed by atoms with Crippen LogP contribution in [-0.2, 0) is 0 Å². The lowest BCUT2D eigenvalue weighted by atomic mass is 9.95. The Kier molecular flexibility index (Phi) is 4.88. The van der Waals surface area contributed by atoms with Gasteiger partial charge < -0.3 is 15.1 Å². The molecule has 5 nitrogen and oxygen atoms in total. The smallest absolute Gasteiger partial charge is 0.315 e. The molecule has 1 heterocycles. The van der Waals surface area contributed by atoms with E-state index in [2.05, 4.69) is 27.1 Å². The van der Waals surface area contributed by atoms with E-state index in [1.54, 1.807) is 0 Å². The van der Waals surface area contributed by atoms with Crippen molar-refractivity contribution >= 4 is 17.8 Å². The molecule has 18 heavy (non-hydrogen) atoms. The molecule has 1 aromatic heterocycles. The zero-order valence-corrected chi connectivity index (χ0v) is 12.1. The van der Waals surface area contributed by atoms with Crippen molar-refractivity contribution in [1.82, 2.24) is 15.5 Å². The molecule has 0 aromatic carbocycles. The van der Waals surface area contributed by atoms with Gasteiger partial charge in [0.05, 0.1) is 6.04 Å². The highest BCUT2D eigenvalue weighted by atomic mass is 32.2. The third-order valence-corrected chi connectivity index (χ3v) is 4.73. The molecule has 1 aromatic rings. The summed E-state index contributed by atoms with van der Waals surface area (Å²) >= 11 is 1.93. The maximum Gasteiger partial charge on any atom is 0.315 e. The van der Waals surface area contributed by atoms with E-state index in [4.69, 9.17) is 4.42 Å². The minimum absolute atomic E-state index is 0.0933. The predicted molar refractivity (Wildman–Crippen MR) is 75.0 cm³/mol. The van der Waals surface area contributed by atoms with E-state index in [9.17, 15) is 0 Å². The standard InChI is InChI=1S/C12H22N4OS/c1-8(13-2)11-15-16-12(17-11)14-9-6-4-5-7-10(9)18-3/h8-10,13H,4-7H2,1-3H3,(H,14,16). The van der Waals surface area contributed by atoms with Gasteiger partial charge >= 0.3 is 6.01 Å². The summed E-state index contributed by atoms with van der Waals surface area (Å²) in [6.45, 7) is 2.00. The fourth-order valence-electron chi connectivity index (χ4n) is 2.29. The van der Waals surface area contributed by atoms with Crippen LogP contribution in [0.1, 0.15) is 44.5 Å². The second-order valence-corrected chi connectivity index (χ2v) is 5.84. The number of hydrogen-bond donors (Lipinski definition) is 2. The van der Waals surface area contributed by atoms with E-state index < -0.39 is 0 Å². The molecule has 0 aliphatic heterocycles. The molecular weight excluding hydrogens is 248 g/mol. The maximum atomic E-state index is 5.63. The molecule has 1 aliphatic carbocycles. The molecular formula is C12H22N4OS. The Hall–Kier alpha value is -0.750. The first-order valence-electron chi connectivity index (χ1n) is 6.54. The Labute approximate surface area is 112 Å². The summed E-state index contributed by atoms with van der Waals surface area (Å²) in [6.07, 6.45) is 7.24. The van der Waals surface area contributed by atoms with Crippen molar-refractivity contribution in [3.05, 3.63) is 5.89 Å². The van der Waals surface area contributed by atoms with Crippen LogP contribution in [0.5, 0.6) is 0 Å². The van der Waals surface area contributed by atoms with Crippen molar-refractivity contribution in [2.45, 2.75) is 49.9 Å². The molecule has 0 radical (unpaired) electrons. The van der Waals surface area contributed by atoms with E-state index in [-0.39, 0.29) is 6.04 Å². The Bertz CT molecular complexity index is 371. The zero-order valence-electron chi connectivity index (χ0n) is 11.3. The van der Waals surface area contributed by atoms with Crippen LogP contribution < -0.4 is 10.6 Å². The van der Waals surface area contributed by atoms with E-state index >= 15 is 0 Å². The van der Waals surface area contributed by atoms with Crippen LogP contribution in [0.3, 0.4) is 0 Å². The first kappa shape index (κ1) is 13.7. The molecule has 1 saturated carbocycles. The zero-order chi connectivity index (χ0) is 13.0. The van der Waals surface area contributed by atoms with Gasteiger partial charge in [-0.15, -0.1) is 5.10 Å². The van der Waals surface area contributed by atoms with Gasteiger partial charge in [0.25, 0.3) is 0 Å². The quantitative estimate of drug-likeness (QED) is 0.857. The molecule has 2 N–H and O–H groups in total. The molecule has 1 aliphatic rings. The number of aromatic nitrogens is 2. The molecule has 0 spiro atoms. The Morgan fingerprint density at radius 2 is 2.11 bits per heavy atom. The van der Waals surface area contributed by atoms with Gasteiger partial charge in [-0.2, -0.15) is 11.8 Å². The minimum atomic E-state index is 0.0933. The first-order chi connectivity index (χ1) is 8.74. The number of nitrogens with one attached hydrogen (secondary N) is 2. The van der Waals surface area contributed by atoms with Crippen LogP contribution in [0.4, 0.5) is 6.01 Å². The second-order valence-electron chi connectivity index (χ2n) is 4.77. The van der Waals surface area contributed by atoms with Gasteiger partial charge in [0, 0.05) is 11.3 Å². The highest BCUT2D eigenvalue weighted by Gasteiger charge is 2.25. The third-order valence-electron chi connectivity index (χ3n) is 3.56. The van der Waals surface area contributed by atoms with E-state index in [1.807, 2.05) is 25.7 Å². The van der Waals surface area contributed by atoms with Gasteiger partial charge in [-0.1, -0.05) is 17.9 Å². The molecule has 0 saturated heterocycles. The Balaban J connectivity index is 1.97. The van der Waals surface area contributed by atoms with Crippen LogP contribution in [0.15, 0.2) is 4.42 Å². The van der Waals surface area contributed by atoms with E-state index in [0.717, 1.165) is 0 Å². The van der Waals surface area contributed by atoms with Crippen molar-refractivity contribution in [1.29, 1.82) is 0 Å². The van der Waals surface area contributed by atoms with Crippen LogP contribution in [0.2, 0.25) is 0 Å². The predicted octanol–water partition coefficient (Wildman–Crippen LogP) is 2.44. The van der Waals surface area contributed by atoms with E-state index in [1.165, 1.54) is 25.7 Å². The van der Waals surface area contributed by atoms with Gasteiger partial charge in [0.15, 0.2) is 0 Å². The van der Waals surface area contributed by atoms with Crippen molar-refractivity contribution in [2.75, 3.05) is 18.6 Å². The highest BCUT2D eigenvalue weighted by Crippen LogP contribution is 2.29. The molecule has 1 fully saturated rings. The monoisotopic (exact) mass is 270 g/mol. The largest absolute Gasteiger partial charge is 0.406 e.